The second-order valence-electron chi connectivity index (χ2n) is 5.89. The third kappa shape index (κ3) is 3.47. The molecule has 1 aromatic carbocycles. The number of piperazine rings is 1. The second kappa shape index (κ2) is 6.73. The molecule has 0 aliphatic carbocycles. The van der Waals surface area contributed by atoms with Gasteiger partial charge in [0.1, 0.15) is 12.0 Å². The van der Waals surface area contributed by atoms with E-state index in [1.165, 1.54) is 12.0 Å². The van der Waals surface area contributed by atoms with E-state index in [1.807, 2.05) is 19.9 Å². The molecule has 0 amide bonds. The standard InChI is InChI=1S/C17H23N5O/c1-13(2)23-17-15(18)16(19-12-20-17)22-10-8-21(9-11-22)14-6-4-3-5-7-14/h3-7,12-13H,8-11,18H2,1-2H3. The van der Waals surface area contributed by atoms with Gasteiger partial charge in [0, 0.05) is 31.9 Å². The van der Waals surface area contributed by atoms with E-state index in [-0.39, 0.29) is 6.10 Å². The first-order valence-electron chi connectivity index (χ1n) is 7.97. The van der Waals surface area contributed by atoms with E-state index in [0.29, 0.717) is 11.6 Å². The van der Waals surface area contributed by atoms with Gasteiger partial charge in [0.2, 0.25) is 5.88 Å². The van der Waals surface area contributed by atoms with Crippen LogP contribution in [0.2, 0.25) is 0 Å². The summed E-state index contributed by atoms with van der Waals surface area (Å²) in [7, 11) is 0. The molecule has 6 heteroatoms. The van der Waals surface area contributed by atoms with Crippen molar-refractivity contribution >= 4 is 17.2 Å². The summed E-state index contributed by atoms with van der Waals surface area (Å²) < 4.78 is 5.65. The van der Waals surface area contributed by atoms with Crippen molar-refractivity contribution in [2.75, 3.05) is 41.7 Å². The molecule has 1 aromatic heterocycles. The summed E-state index contributed by atoms with van der Waals surface area (Å²) in [6.45, 7) is 7.54. The maximum absolute atomic E-state index is 6.20. The highest BCUT2D eigenvalue weighted by Gasteiger charge is 2.22. The summed E-state index contributed by atoms with van der Waals surface area (Å²) in [5.74, 6) is 1.24. The minimum atomic E-state index is 0.0370. The highest BCUT2D eigenvalue weighted by atomic mass is 16.5. The molecule has 0 atom stereocenters. The first-order valence-corrected chi connectivity index (χ1v) is 7.97. The number of anilines is 3. The first-order chi connectivity index (χ1) is 11.1. The molecular formula is C17H23N5O. The average Bonchev–Trinajstić information content (AvgIpc) is 2.57. The molecule has 1 saturated heterocycles. The molecule has 0 saturated carbocycles. The van der Waals surface area contributed by atoms with Crippen LogP contribution in [0.1, 0.15) is 13.8 Å². The van der Waals surface area contributed by atoms with E-state index in [0.717, 1.165) is 32.0 Å². The van der Waals surface area contributed by atoms with Crippen LogP contribution in [0.15, 0.2) is 36.7 Å². The minimum Gasteiger partial charge on any atom is -0.473 e. The predicted octanol–water partition coefficient (Wildman–Crippen LogP) is 2.17. The van der Waals surface area contributed by atoms with Crippen molar-refractivity contribution in [1.82, 2.24) is 9.97 Å². The lowest BCUT2D eigenvalue weighted by atomic mass is 10.2. The molecule has 2 heterocycles. The van der Waals surface area contributed by atoms with Crippen molar-refractivity contribution in [2.24, 2.45) is 0 Å². The fourth-order valence-electron chi connectivity index (χ4n) is 2.76. The van der Waals surface area contributed by atoms with Crippen LogP contribution in [0.25, 0.3) is 0 Å². The zero-order valence-corrected chi connectivity index (χ0v) is 13.6. The van der Waals surface area contributed by atoms with E-state index >= 15 is 0 Å². The van der Waals surface area contributed by atoms with Crippen LogP contribution >= 0.6 is 0 Å². The second-order valence-corrected chi connectivity index (χ2v) is 5.89. The number of nitrogens with two attached hydrogens (primary N) is 1. The summed E-state index contributed by atoms with van der Waals surface area (Å²) in [6.07, 6.45) is 1.56. The highest BCUT2D eigenvalue weighted by Crippen LogP contribution is 2.29. The number of aromatic nitrogens is 2. The van der Waals surface area contributed by atoms with Crippen LogP contribution in [0.5, 0.6) is 5.88 Å². The van der Waals surface area contributed by atoms with E-state index in [1.54, 1.807) is 0 Å². The van der Waals surface area contributed by atoms with Gasteiger partial charge in [-0.2, -0.15) is 4.98 Å². The molecule has 0 bridgehead atoms. The molecule has 0 unspecified atom stereocenters. The molecule has 1 aliphatic heterocycles. The molecule has 0 spiro atoms. The Hall–Kier alpha value is -2.50. The van der Waals surface area contributed by atoms with Crippen LogP contribution in [0.3, 0.4) is 0 Å². The van der Waals surface area contributed by atoms with Gasteiger partial charge in [-0.25, -0.2) is 4.98 Å². The van der Waals surface area contributed by atoms with Crippen molar-refractivity contribution in [1.29, 1.82) is 0 Å². The number of para-hydroxylation sites is 1. The molecule has 0 radical (unpaired) electrons. The van der Waals surface area contributed by atoms with E-state index < -0.39 is 0 Å². The lowest BCUT2D eigenvalue weighted by Crippen LogP contribution is -2.47. The molecule has 6 nitrogen and oxygen atoms in total. The van der Waals surface area contributed by atoms with Gasteiger partial charge in [0.25, 0.3) is 0 Å². The van der Waals surface area contributed by atoms with Gasteiger partial charge in [-0.3, -0.25) is 0 Å². The fraction of sp³-hybridized carbons (Fsp3) is 0.412. The van der Waals surface area contributed by atoms with Gasteiger partial charge >= 0.3 is 0 Å². The Morgan fingerprint density at radius 2 is 1.65 bits per heavy atom. The van der Waals surface area contributed by atoms with Crippen molar-refractivity contribution in [3.63, 3.8) is 0 Å². The third-order valence-electron chi connectivity index (χ3n) is 3.87. The zero-order chi connectivity index (χ0) is 16.2. The van der Waals surface area contributed by atoms with Crippen molar-refractivity contribution < 1.29 is 4.74 Å². The summed E-state index contributed by atoms with van der Waals surface area (Å²) in [4.78, 5) is 13.1. The molecule has 2 aromatic rings. The van der Waals surface area contributed by atoms with Gasteiger partial charge in [0.05, 0.1) is 6.10 Å². The zero-order valence-electron chi connectivity index (χ0n) is 13.6. The SMILES string of the molecule is CC(C)Oc1ncnc(N2CCN(c3ccccc3)CC2)c1N. The maximum Gasteiger partial charge on any atom is 0.242 e. The van der Waals surface area contributed by atoms with E-state index in [2.05, 4.69) is 44.0 Å². The van der Waals surface area contributed by atoms with Crippen LogP contribution in [0.4, 0.5) is 17.2 Å². The molecule has 2 N–H and O–H groups in total. The Bertz CT molecular complexity index is 639. The number of hydrogen-bond donors (Lipinski definition) is 1. The van der Waals surface area contributed by atoms with Crippen molar-refractivity contribution in [3.8, 4) is 5.88 Å². The molecule has 23 heavy (non-hydrogen) atoms. The lowest BCUT2D eigenvalue weighted by Gasteiger charge is -2.37. The van der Waals surface area contributed by atoms with E-state index in [9.17, 15) is 0 Å². The summed E-state index contributed by atoms with van der Waals surface area (Å²) in [5, 5.41) is 0. The van der Waals surface area contributed by atoms with Gasteiger partial charge in [-0.1, -0.05) is 18.2 Å². The van der Waals surface area contributed by atoms with Crippen molar-refractivity contribution in [2.45, 2.75) is 20.0 Å². The largest absolute Gasteiger partial charge is 0.473 e. The van der Waals surface area contributed by atoms with Crippen LogP contribution in [-0.2, 0) is 0 Å². The maximum atomic E-state index is 6.20. The highest BCUT2D eigenvalue weighted by molar-refractivity contribution is 5.68. The Labute approximate surface area is 136 Å². The van der Waals surface area contributed by atoms with E-state index in [4.69, 9.17) is 10.5 Å². The fourth-order valence-corrected chi connectivity index (χ4v) is 2.76. The Morgan fingerprint density at radius 1 is 1.00 bits per heavy atom. The average molecular weight is 313 g/mol. The topological polar surface area (TPSA) is 67.5 Å². The predicted molar refractivity (Wildman–Crippen MR) is 93.1 cm³/mol. The summed E-state index contributed by atoms with van der Waals surface area (Å²) >= 11 is 0. The molecular weight excluding hydrogens is 290 g/mol. The molecule has 1 fully saturated rings. The number of nitrogens with zero attached hydrogens (tertiary/aromatic N) is 4. The summed E-state index contributed by atoms with van der Waals surface area (Å²) in [5.41, 5.74) is 7.98. The molecule has 1 aliphatic rings. The van der Waals surface area contributed by atoms with Crippen LogP contribution in [0, 0.1) is 0 Å². The minimum absolute atomic E-state index is 0.0370. The quantitative estimate of drug-likeness (QED) is 0.933. The van der Waals surface area contributed by atoms with Crippen molar-refractivity contribution in [3.05, 3.63) is 36.7 Å². The number of nitrogen functional groups attached to an aromatic ring is 1. The van der Waals surface area contributed by atoms with Gasteiger partial charge in [-0.15, -0.1) is 0 Å². The number of ether oxygens (including phenoxy) is 1. The van der Waals surface area contributed by atoms with Gasteiger partial charge in [-0.05, 0) is 26.0 Å². The monoisotopic (exact) mass is 313 g/mol. The Balaban J connectivity index is 1.70. The van der Waals surface area contributed by atoms with Gasteiger partial charge < -0.3 is 20.3 Å². The number of hydrogen-bond acceptors (Lipinski definition) is 6. The third-order valence-corrected chi connectivity index (χ3v) is 3.87. The first kappa shape index (κ1) is 15.4. The van der Waals surface area contributed by atoms with Crippen LogP contribution < -0.4 is 20.3 Å². The number of benzene rings is 1. The smallest absolute Gasteiger partial charge is 0.242 e. The molecule has 122 valence electrons. The lowest BCUT2D eigenvalue weighted by molar-refractivity contribution is 0.234. The Morgan fingerprint density at radius 3 is 2.30 bits per heavy atom. The van der Waals surface area contributed by atoms with Gasteiger partial charge in [0.15, 0.2) is 5.82 Å². The number of rotatable bonds is 4. The molecule has 3 rings (SSSR count). The summed E-state index contributed by atoms with van der Waals surface area (Å²) in [6, 6.07) is 10.5. The Kier molecular flexibility index (Phi) is 4.50. The normalized spacial score (nSPS) is 15.1. The van der Waals surface area contributed by atoms with Crippen LogP contribution in [-0.4, -0.2) is 42.3 Å².